The van der Waals surface area contributed by atoms with Crippen LogP contribution >= 0.6 is 12.2 Å². The Bertz CT molecular complexity index is 686. The van der Waals surface area contributed by atoms with Gasteiger partial charge in [0.2, 0.25) is 0 Å². The van der Waals surface area contributed by atoms with Gasteiger partial charge in [0.1, 0.15) is 5.76 Å². The van der Waals surface area contributed by atoms with Crippen LogP contribution in [0.1, 0.15) is 22.7 Å². The standard InChI is InChI=1S/C17H25N5OS/c1-13-16(14(2)20(3)19-13)12-21-6-8-22(9-7-21)17(24)18-11-15-5-4-10-23-15/h4-5,10H,6-9,11-12H2,1-3H3,(H,18,24). The Labute approximate surface area is 148 Å². The normalized spacial score (nSPS) is 15.7. The molecule has 3 heterocycles. The molecule has 6 nitrogen and oxygen atoms in total. The third kappa shape index (κ3) is 3.79. The van der Waals surface area contributed by atoms with Crippen molar-refractivity contribution in [1.82, 2.24) is 24.9 Å². The number of thiocarbonyl (C=S) groups is 1. The summed E-state index contributed by atoms with van der Waals surface area (Å²) in [5.41, 5.74) is 3.74. The van der Waals surface area contributed by atoms with E-state index in [9.17, 15) is 0 Å². The minimum absolute atomic E-state index is 0.639. The second kappa shape index (κ2) is 7.36. The molecule has 0 spiro atoms. The first-order chi connectivity index (χ1) is 11.5. The molecule has 7 heteroatoms. The molecule has 130 valence electrons. The summed E-state index contributed by atoms with van der Waals surface area (Å²) in [6, 6.07) is 3.84. The van der Waals surface area contributed by atoms with E-state index in [0.29, 0.717) is 6.54 Å². The first-order valence-corrected chi connectivity index (χ1v) is 8.72. The molecule has 0 bridgehead atoms. The van der Waals surface area contributed by atoms with E-state index in [1.54, 1.807) is 6.26 Å². The molecule has 3 rings (SSSR count). The molecule has 2 aromatic rings. The Balaban J connectivity index is 1.47. The molecule has 0 aliphatic carbocycles. The van der Waals surface area contributed by atoms with Crippen molar-refractivity contribution in [3.63, 3.8) is 0 Å². The third-order valence-electron chi connectivity index (χ3n) is 4.69. The summed E-state index contributed by atoms with van der Waals surface area (Å²) in [7, 11) is 2.01. The SMILES string of the molecule is Cc1nn(C)c(C)c1CN1CCN(C(=S)NCc2ccco2)CC1. The lowest BCUT2D eigenvalue weighted by Gasteiger charge is -2.36. The van der Waals surface area contributed by atoms with Gasteiger partial charge in [-0.1, -0.05) is 0 Å². The van der Waals surface area contributed by atoms with Crippen LogP contribution in [-0.4, -0.2) is 50.9 Å². The van der Waals surface area contributed by atoms with E-state index in [4.69, 9.17) is 16.6 Å². The first-order valence-electron chi connectivity index (χ1n) is 8.31. The van der Waals surface area contributed by atoms with Crippen molar-refractivity contribution in [2.24, 2.45) is 7.05 Å². The maximum atomic E-state index is 5.50. The number of aromatic nitrogens is 2. The Hall–Kier alpha value is -1.86. The zero-order valence-electron chi connectivity index (χ0n) is 14.6. The fraction of sp³-hybridized carbons (Fsp3) is 0.529. The summed E-state index contributed by atoms with van der Waals surface area (Å²) in [6.07, 6.45) is 1.68. The van der Waals surface area contributed by atoms with E-state index < -0.39 is 0 Å². The Morgan fingerprint density at radius 2 is 2.04 bits per heavy atom. The van der Waals surface area contributed by atoms with Crippen molar-refractivity contribution in [3.8, 4) is 0 Å². The van der Waals surface area contributed by atoms with Crippen LogP contribution in [0, 0.1) is 13.8 Å². The summed E-state index contributed by atoms with van der Waals surface area (Å²) in [4.78, 5) is 4.71. The monoisotopic (exact) mass is 347 g/mol. The van der Waals surface area contributed by atoms with Gasteiger partial charge in [-0.2, -0.15) is 5.10 Å². The average Bonchev–Trinajstić information content (AvgIpc) is 3.18. The molecule has 1 aliphatic rings. The molecular weight excluding hydrogens is 322 g/mol. The number of nitrogens with zero attached hydrogens (tertiary/aromatic N) is 4. The van der Waals surface area contributed by atoms with E-state index >= 15 is 0 Å². The highest BCUT2D eigenvalue weighted by Crippen LogP contribution is 2.16. The van der Waals surface area contributed by atoms with Crippen molar-refractivity contribution in [1.29, 1.82) is 0 Å². The lowest BCUT2D eigenvalue weighted by atomic mass is 10.1. The summed E-state index contributed by atoms with van der Waals surface area (Å²) in [6.45, 7) is 9.75. The summed E-state index contributed by atoms with van der Waals surface area (Å²) >= 11 is 5.50. The average molecular weight is 347 g/mol. The minimum Gasteiger partial charge on any atom is -0.467 e. The number of aryl methyl sites for hydroxylation is 2. The van der Waals surface area contributed by atoms with Gasteiger partial charge in [0.15, 0.2) is 5.11 Å². The molecule has 24 heavy (non-hydrogen) atoms. The predicted molar refractivity (Wildman–Crippen MR) is 97.7 cm³/mol. The molecule has 0 amide bonds. The van der Waals surface area contributed by atoms with E-state index in [1.807, 2.05) is 23.9 Å². The maximum Gasteiger partial charge on any atom is 0.169 e. The van der Waals surface area contributed by atoms with Gasteiger partial charge >= 0.3 is 0 Å². The highest BCUT2D eigenvalue weighted by Gasteiger charge is 2.21. The van der Waals surface area contributed by atoms with Gasteiger partial charge in [-0.25, -0.2) is 0 Å². The van der Waals surface area contributed by atoms with Crippen LogP contribution in [0.5, 0.6) is 0 Å². The number of hydrogen-bond donors (Lipinski definition) is 1. The van der Waals surface area contributed by atoms with Gasteiger partial charge < -0.3 is 14.6 Å². The number of piperazine rings is 1. The topological polar surface area (TPSA) is 49.5 Å². The van der Waals surface area contributed by atoms with Gasteiger partial charge in [0, 0.05) is 51.0 Å². The highest BCUT2D eigenvalue weighted by atomic mass is 32.1. The summed E-state index contributed by atoms with van der Waals surface area (Å²) in [5.74, 6) is 0.901. The predicted octanol–water partition coefficient (Wildman–Crippen LogP) is 1.82. The van der Waals surface area contributed by atoms with Crippen molar-refractivity contribution >= 4 is 17.3 Å². The van der Waals surface area contributed by atoms with Gasteiger partial charge in [-0.05, 0) is 38.2 Å². The van der Waals surface area contributed by atoms with Crippen LogP contribution in [0.4, 0.5) is 0 Å². The highest BCUT2D eigenvalue weighted by molar-refractivity contribution is 7.80. The maximum absolute atomic E-state index is 5.50. The first kappa shape index (κ1) is 17.0. The smallest absolute Gasteiger partial charge is 0.169 e. The number of nitrogens with one attached hydrogen (secondary N) is 1. The van der Waals surface area contributed by atoms with E-state index in [0.717, 1.165) is 49.3 Å². The van der Waals surface area contributed by atoms with Crippen LogP contribution < -0.4 is 5.32 Å². The van der Waals surface area contributed by atoms with E-state index in [2.05, 4.69) is 34.1 Å². The van der Waals surface area contributed by atoms with Gasteiger partial charge in [0.05, 0.1) is 18.5 Å². The van der Waals surface area contributed by atoms with Gasteiger partial charge in [0.25, 0.3) is 0 Å². The Morgan fingerprint density at radius 1 is 1.29 bits per heavy atom. The van der Waals surface area contributed by atoms with Gasteiger partial charge in [-0.15, -0.1) is 0 Å². The fourth-order valence-electron chi connectivity index (χ4n) is 3.07. The second-order valence-electron chi connectivity index (χ2n) is 6.27. The zero-order valence-corrected chi connectivity index (χ0v) is 15.4. The molecule has 1 N–H and O–H groups in total. The molecule has 0 aromatic carbocycles. The summed E-state index contributed by atoms with van der Waals surface area (Å²) < 4.78 is 7.29. The molecular formula is C17H25N5OS. The molecule has 2 aromatic heterocycles. The molecule has 0 unspecified atom stereocenters. The third-order valence-corrected chi connectivity index (χ3v) is 5.10. The number of rotatable bonds is 4. The largest absolute Gasteiger partial charge is 0.467 e. The van der Waals surface area contributed by atoms with Gasteiger partial charge in [-0.3, -0.25) is 9.58 Å². The summed E-state index contributed by atoms with van der Waals surface area (Å²) in [5, 5.41) is 8.59. The Morgan fingerprint density at radius 3 is 2.62 bits per heavy atom. The quantitative estimate of drug-likeness (QED) is 0.852. The van der Waals surface area contributed by atoms with Crippen molar-refractivity contribution < 1.29 is 4.42 Å². The molecule has 0 saturated carbocycles. The van der Waals surface area contributed by atoms with Crippen LogP contribution in [0.3, 0.4) is 0 Å². The van der Waals surface area contributed by atoms with Crippen molar-refractivity contribution in [2.45, 2.75) is 26.9 Å². The molecule has 1 aliphatic heterocycles. The number of furan rings is 1. The fourth-order valence-corrected chi connectivity index (χ4v) is 3.32. The second-order valence-corrected chi connectivity index (χ2v) is 6.66. The minimum atomic E-state index is 0.639. The molecule has 0 atom stereocenters. The lowest BCUT2D eigenvalue weighted by molar-refractivity contribution is 0.174. The Kier molecular flexibility index (Phi) is 5.20. The molecule has 0 radical (unpaired) electrons. The molecule has 1 saturated heterocycles. The number of hydrogen-bond acceptors (Lipinski definition) is 4. The zero-order chi connectivity index (χ0) is 17.1. The van der Waals surface area contributed by atoms with Crippen molar-refractivity contribution in [2.75, 3.05) is 26.2 Å². The van der Waals surface area contributed by atoms with Crippen LogP contribution in [0.25, 0.3) is 0 Å². The van der Waals surface area contributed by atoms with E-state index in [-0.39, 0.29) is 0 Å². The van der Waals surface area contributed by atoms with Crippen LogP contribution in [0.2, 0.25) is 0 Å². The van der Waals surface area contributed by atoms with Crippen LogP contribution in [0.15, 0.2) is 22.8 Å². The van der Waals surface area contributed by atoms with Crippen molar-refractivity contribution in [3.05, 3.63) is 41.1 Å². The lowest BCUT2D eigenvalue weighted by Crippen LogP contribution is -2.51. The molecule has 1 fully saturated rings. The van der Waals surface area contributed by atoms with Crippen LogP contribution in [-0.2, 0) is 20.1 Å². The van der Waals surface area contributed by atoms with E-state index in [1.165, 1.54) is 11.3 Å².